The highest BCUT2D eigenvalue weighted by molar-refractivity contribution is 5.40. The first kappa shape index (κ1) is 11.4. The molecule has 0 saturated carbocycles. The van der Waals surface area contributed by atoms with Crippen molar-refractivity contribution in [2.45, 2.75) is 19.0 Å². The maximum absolute atomic E-state index is 5.78. The van der Waals surface area contributed by atoms with E-state index in [9.17, 15) is 0 Å². The van der Waals surface area contributed by atoms with E-state index in [1.807, 2.05) is 12.1 Å². The van der Waals surface area contributed by atoms with E-state index in [2.05, 4.69) is 36.0 Å². The van der Waals surface area contributed by atoms with Gasteiger partial charge < -0.3 is 10.6 Å². The molecular weight excluding hydrogens is 198 g/mol. The minimum atomic E-state index is 0.709. The van der Waals surface area contributed by atoms with Crippen molar-refractivity contribution >= 4 is 5.69 Å². The molecule has 0 amide bonds. The van der Waals surface area contributed by atoms with Crippen molar-refractivity contribution in [1.29, 1.82) is 0 Å². The van der Waals surface area contributed by atoms with Crippen molar-refractivity contribution in [2.75, 3.05) is 32.9 Å². The van der Waals surface area contributed by atoms with Crippen LogP contribution in [-0.2, 0) is 6.54 Å². The van der Waals surface area contributed by atoms with Gasteiger partial charge in [-0.25, -0.2) is 0 Å². The first-order valence-corrected chi connectivity index (χ1v) is 5.88. The number of likely N-dealkylation sites (tertiary alicyclic amines) is 1. The molecule has 0 spiro atoms. The van der Waals surface area contributed by atoms with Crippen LogP contribution in [0.3, 0.4) is 0 Å². The van der Waals surface area contributed by atoms with Gasteiger partial charge in [0.1, 0.15) is 0 Å². The zero-order valence-corrected chi connectivity index (χ0v) is 10.2. The molecule has 1 aromatic rings. The number of nitrogen functional groups attached to an aromatic ring is 1. The number of hydrogen-bond acceptors (Lipinski definition) is 3. The van der Waals surface area contributed by atoms with Gasteiger partial charge in [-0.1, -0.05) is 12.1 Å². The van der Waals surface area contributed by atoms with Crippen LogP contribution in [0.15, 0.2) is 24.3 Å². The third kappa shape index (κ3) is 2.74. The summed E-state index contributed by atoms with van der Waals surface area (Å²) in [4.78, 5) is 4.82. The van der Waals surface area contributed by atoms with Gasteiger partial charge in [0.2, 0.25) is 0 Å². The quantitative estimate of drug-likeness (QED) is 0.780. The van der Waals surface area contributed by atoms with Crippen molar-refractivity contribution in [3.63, 3.8) is 0 Å². The monoisotopic (exact) mass is 219 g/mol. The Kier molecular flexibility index (Phi) is 3.46. The Bertz CT molecular complexity index is 349. The first-order valence-electron chi connectivity index (χ1n) is 5.88. The molecule has 0 unspecified atom stereocenters. The fourth-order valence-electron chi connectivity index (χ4n) is 2.33. The smallest absolute Gasteiger partial charge is 0.0317 e. The Morgan fingerprint density at radius 3 is 2.88 bits per heavy atom. The normalized spacial score (nSPS) is 21.8. The molecule has 16 heavy (non-hydrogen) atoms. The second kappa shape index (κ2) is 4.85. The van der Waals surface area contributed by atoms with E-state index < -0.39 is 0 Å². The number of rotatable bonds is 3. The summed E-state index contributed by atoms with van der Waals surface area (Å²) in [5.41, 5.74) is 7.96. The Hall–Kier alpha value is -1.06. The lowest BCUT2D eigenvalue weighted by Crippen LogP contribution is -2.31. The third-order valence-corrected chi connectivity index (χ3v) is 3.34. The number of hydrogen-bond donors (Lipinski definition) is 1. The van der Waals surface area contributed by atoms with E-state index in [0.29, 0.717) is 6.04 Å². The summed E-state index contributed by atoms with van der Waals surface area (Å²) in [6, 6.07) is 8.91. The van der Waals surface area contributed by atoms with Crippen LogP contribution in [0.2, 0.25) is 0 Å². The molecule has 1 heterocycles. The molecule has 1 aromatic carbocycles. The lowest BCUT2D eigenvalue weighted by Gasteiger charge is -2.20. The number of anilines is 1. The fourth-order valence-corrected chi connectivity index (χ4v) is 2.33. The zero-order chi connectivity index (χ0) is 11.5. The van der Waals surface area contributed by atoms with E-state index in [-0.39, 0.29) is 0 Å². The van der Waals surface area contributed by atoms with Crippen LogP contribution >= 0.6 is 0 Å². The zero-order valence-electron chi connectivity index (χ0n) is 10.2. The molecule has 3 heteroatoms. The van der Waals surface area contributed by atoms with E-state index in [4.69, 9.17) is 5.73 Å². The van der Waals surface area contributed by atoms with E-state index in [1.165, 1.54) is 25.1 Å². The fraction of sp³-hybridized carbons (Fsp3) is 0.538. The second-order valence-corrected chi connectivity index (χ2v) is 4.89. The van der Waals surface area contributed by atoms with Crippen LogP contribution in [-0.4, -0.2) is 43.0 Å². The van der Waals surface area contributed by atoms with Gasteiger partial charge in [-0.3, -0.25) is 4.90 Å². The van der Waals surface area contributed by atoms with Gasteiger partial charge in [0.25, 0.3) is 0 Å². The number of nitrogens with two attached hydrogens (primary N) is 1. The highest BCUT2D eigenvalue weighted by Gasteiger charge is 2.23. The molecule has 0 bridgehead atoms. The summed E-state index contributed by atoms with van der Waals surface area (Å²) in [5.74, 6) is 0. The summed E-state index contributed by atoms with van der Waals surface area (Å²) in [6.07, 6.45) is 1.27. The van der Waals surface area contributed by atoms with E-state index in [0.717, 1.165) is 12.2 Å². The predicted molar refractivity (Wildman–Crippen MR) is 68.2 cm³/mol. The van der Waals surface area contributed by atoms with Gasteiger partial charge in [0.15, 0.2) is 0 Å². The maximum Gasteiger partial charge on any atom is 0.0317 e. The molecular formula is C13H21N3. The van der Waals surface area contributed by atoms with Crippen molar-refractivity contribution in [3.05, 3.63) is 29.8 Å². The highest BCUT2D eigenvalue weighted by atomic mass is 15.2. The van der Waals surface area contributed by atoms with Gasteiger partial charge in [-0.05, 0) is 38.2 Å². The molecule has 0 aromatic heterocycles. The molecule has 2 rings (SSSR count). The standard InChI is InChI=1S/C13H21N3/c1-15(2)13-6-7-16(10-13)9-11-4-3-5-12(14)8-11/h3-5,8,13H,6-7,9-10,14H2,1-2H3/t13-/m1/s1. The average Bonchev–Trinajstić information content (AvgIpc) is 2.66. The maximum atomic E-state index is 5.78. The lowest BCUT2D eigenvalue weighted by atomic mass is 10.2. The van der Waals surface area contributed by atoms with Gasteiger partial charge >= 0.3 is 0 Å². The van der Waals surface area contributed by atoms with Gasteiger partial charge in [0, 0.05) is 31.4 Å². The van der Waals surface area contributed by atoms with Crippen molar-refractivity contribution in [3.8, 4) is 0 Å². The lowest BCUT2D eigenvalue weighted by molar-refractivity contribution is 0.265. The first-order chi connectivity index (χ1) is 7.65. The SMILES string of the molecule is CN(C)[C@@H]1CCN(Cc2cccc(N)c2)C1. The van der Waals surface area contributed by atoms with Gasteiger partial charge in [0.05, 0.1) is 0 Å². The number of benzene rings is 1. The van der Waals surface area contributed by atoms with Crippen LogP contribution in [0.5, 0.6) is 0 Å². The molecule has 1 aliphatic rings. The minimum Gasteiger partial charge on any atom is -0.399 e. The molecule has 1 fully saturated rings. The Morgan fingerprint density at radius 2 is 2.25 bits per heavy atom. The van der Waals surface area contributed by atoms with Gasteiger partial charge in [-0.15, -0.1) is 0 Å². The highest BCUT2D eigenvalue weighted by Crippen LogP contribution is 2.17. The number of nitrogens with zero attached hydrogens (tertiary/aromatic N) is 2. The number of likely N-dealkylation sites (N-methyl/N-ethyl adjacent to an activating group) is 1. The second-order valence-electron chi connectivity index (χ2n) is 4.89. The molecule has 2 N–H and O–H groups in total. The molecule has 1 saturated heterocycles. The minimum absolute atomic E-state index is 0.709. The van der Waals surface area contributed by atoms with Crippen LogP contribution in [0.4, 0.5) is 5.69 Å². The van der Waals surface area contributed by atoms with Crippen molar-refractivity contribution in [2.24, 2.45) is 0 Å². The molecule has 88 valence electrons. The largest absolute Gasteiger partial charge is 0.399 e. The predicted octanol–water partition coefficient (Wildman–Crippen LogP) is 1.40. The van der Waals surface area contributed by atoms with E-state index >= 15 is 0 Å². The van der Waals surface area contributed by atoms with Crippen LogP contribution in [0.25, 0.3) is 0 Å². The van der Waals surface area contributed by atoms with Gasteiger partial charge in [-0.2, -0.15) is 0 Å². The summed E-state index contributed by atoms with van der Waals surface area (Å²) >= 11 is 0. The molecule has 0 aliphatic carbocycles. The summed E-state index contributed by atoms with van der Waals surface area (Å²) in [6.45, 7) is 3.38. The average molecular weight is 219 g/mol. The third-order valence-electron chi connectivity index (χ3n) is 3.34. The van der Waals surface area contributed by atoms with E-state index in [1.54, 1.807) is 0 Å². The molecule has 1 aliphatic heterocycles. The van der Waals surface area contributed by atoms with Crippen molar-refractivity contribution in [1.82, 2.24) is 9.80 Å². The summed E-state index contributed by atoms with van der Waals surface area (Å²) < 4.78 is 0. The molecule has 1 atom stereocenters. The topological polar surface area (TPSA) is 32.5 Å². The molecule has 0 radical (unpaired) electrons. The Labute approximate surface area is 97.8 Å². The molecule has 3 nitrogen and oxygen atoms in total. The van der Waals surface area contributed by atoms with Crippen LogP contribution in [0, 0.1) is 0 Å². The Balaban J connectivity index is 1.92. The van der Waals surface area contributed by atoms with Crippen LogP contribution in [0.1, 0.15) is 12.0 Å². The Morgan fingerprint density at radius 1 is 1.44 bits per heavy atom. The van der Waals surface area contributed by atoms with Crippen LogP contribution < -0.4 is 5.73 Å². The summed E-state index contributed by atoms with van der Waals surface area (Å²) in [5, 5.41) is 0. The van der Waals surface area contributed by atoms with Crippen molar-refractivity contribution < 1.29 is 0 Å². The summed E-state index contributed by atoms with van der Waals surface area (Å²) in [7, 11) is 4.32.